The van der Waals surface area contributed by atoms with Crippen molar-refractivity contribution in [3.05, 3.63) is 90.1 Å². The van der Waals surface area contributed by atoms with Gasteiger partial charge in [-0.2, -0.15) is 0 Å². The van der Waals surface area contributed by atoms with Gasteiger partial charge in [-0.05, 0) is 42.8 Å². The molecule has 0 unspecified atom stereocenters. The zero-order valence-corrected chi connectivity index (χ0v) is 15.1. The van der Waals surface area contributed by atoms with E-state index in [0.717, 1.165) is 10.9 Å². The number of nitrogens with one attached hydrogen (secondary N) is 2. The smallest absolute Gasteiger partial charge is 0.270 e. The molecule has 140 valence electrons. The minimum atomic E-state index is -0.324. The van der Waals surface area contributed by atoms with Gasteiger partial charge < -0.3 is 15.1 Å². The molecule has 1 amide bonds. The Balaban J connectivity index is 1.62. The maximum absolute atomic E-state index is 13.1. The van der Waals surface area contributed by atoms with Crippen LogP contribution in [0.5, 0.6) is 0 Å². The largest absolute Gasteiger partial charge is 0.464 e. The van der Waals surface area contributed by atoms with Crippen molar-refractivity contribution in [2.24, 2.45) is 0 Å². The minimum absolute atomic E-state index is 0.170. The fourth-order valence-electron chi connectivity index (χ4n) is 2.94. The normalized spacial score (nSPS) is 11.9. The molecule has 2 aromatic heterocycles. The first-order valence-corrected chi connectivity index (χ1v) is 8.87. The number of amides is 1. The molecule has 4 rings (SSSR count). The van der Waals surface area contributed by atoms with E-state index in [2.05, 4.69) is 15.6 Å². The van der Waals surface area contributed by atoms with E-state index in [1.807, 2.05) is 37.3 Å². The highest BCUT2D eigenvalue weighted by Gasteiger charge is 2.17. The van der Waals surface area contributed by atoms with Crippen molar-refractivity contribution in [2.45, 2.75) is 13.0 Å². The maximum Gasteiger partial charge on any atom is 0.270 e. The summed E-state index contributed by atoms with van der Waals surface area (Å²) in [7, 11) is 0. The molecule has 0 aliphatic rings. The number of benzene rings is 2. The van der Waals surface area contributed by atoms with Crippen molar-refractivity contribution >= 4 is 28.4 Å². The zero-order valence-electron chi connectivity index (χ0n) is 15.1. The number of fused-ring (bicyclic) bond motifs is 1. The van der Waals surface area contributed by atoms with Gasteiger partial charge in [0.1, 0.15) is 22.9 Å². The highest BCUT2D eigenvalue weighted by Crippen LogP contribution is 2.27. The summed E-state index contributed by atoms with van der Waals surface area (Å²) in [5.41, 5.74) is 2.43. The van der Waals surface area contributed by atoms with Crippen molar-refractivity contribution in [1.29, 1.82) is 0 Å². The van der Waals surface area contributed by atoms with E-state index in [-0.39, 0.29) is 23.5 Å². The van der Waals surface area contributed by atoms with Crippen LogP contribution in [0, 0.1) is 5.82 Å². The van der Waals surface area contributed by atoms with Gasteiger partial charge in [-0.1, -0.05) is 30.3 Å². The Bertz CT molecular complexity index is 1110. The van der Waals surface area contributed by atoms with Gasteiger partial charge in [0.2, 0.25) is 0 Å². The van der Waals surface area contributed by atoms with Gasteiger partial charge in [0.25, 0.3) is 5.91 Å². The van der Waals surface area contributed by atoms with Gasteiger partial charge >= 0.3 is 0 Å². The Morgan fingerprint density at radius 3 is 2.57 bits per heavy atom. The number of nitrogens with zero attached hydrogens (tertiary/aromatic N) is 1. The van der Waals surface area contributed by atoms with Crippen molar-refractivity contribution in [1.82, 2.24) is 10.3 Å². The molecule has 4 aromatic rings. The van der Waals surface area contributed by atoms with Crippen molar-refractivity contribution in [3.63, 3.8) is 0 Å². The van der Waals surface area contributed by atoms with Gasteiger partial charge in [0, 0.05) is 11.8 Å². The zero-order chi connectivity index (χ0) is 19.5. The summed E-state index contributed by atoms with van der Waals surface area (Å²) in [5.74, 6) is -0.165. The predicted octanol–water partition coefficient (Wildman–Crippen LogP) is 5.20. The molecule has 0 aliphatic carbocycles. The number of carbonyl (C=O) groups excluding carboxylic acids is 1. The molecule has 28 heavy (non-hydrogen) atoms. The lowest BCUT2D eigenvalue weighted by molar-refractivity contribution is 0.0935. The summed E-state index contributed by atoms with van der Waals surface area (Å²) in [4.78, 5) is 17.2. The second-order valence-electron chi connectivity index (χ2n) is 6.43. The van der Waals surface area contributed by atoms with Crippen LogP contribution in [0.3, 0.4) is 0 Å². The molecular formula is C22H18FN3O2. The first-order chi connectivity index (χ1) is 13.6. The molecule has 0 radical (unpaired) electrons. The Hall–Kier alpha value is -3.67. The summed E-state index contributed by atoms with van der Waals surface area (Å²) in [6.45, 7) is 1.91. The van der Waals surface area contributed by atoms with E-state index in [4.69, 9.17) is 4.42 Å². The molecule has 0 saturated heterocycles. The van der Waals surface area contributed by atoms with Crippen molar-refractivity contribution in [2.75, 3.05) is 5.32 Å². The van der Waals surface area contributed by atoms with E-state index in [1.54, 1.807) is 24.3 Å². The van der Waals surface area contributed by atoms with Crippen LogP contribution in [0.15, 0.2) is 77.4 Å². The van der Waals surface area contributed by atoms with Crippen LogP contribution in [0.1, 0.15) is 29.0 Å². The highest BCUT2D eigenvalue weighted by atomic mass is 19.1. The summed E-state index contributed by atoms with van der Waals surface area (Å²) < 4.78 is 18.6. The third kappa shape index (κ3) is 3.71. The maximum atomic E-state index is 13.1. The van der Waals surface area contributed by atoms with Crippen LogP contribution in [-0.4, -0.2) is 10.9 Å². The lowest BCUT2D eigenvalue weighted by Crippen LogP contribution is -2.27. The Morgan fingerprint density at radius 2 is 1.82 bits per heavy atom. The number of hydrogen-bond acceptors (Lipinski definition) is 4. The van der Waals surface area contributed by atoms with E-state index < -0.39 is 0 Å². The molecule has 2 N–H and O–H groups in total. The van der Waals surface area contributed by atoms with Crippen LogP contribution in [0.4, 0.5) is 15.9 Å². The van der Waals surface area contributed by atoms with Crippen molar-refractivity contribution in [3.8, 4) is 0 Å². The average Bonchev–Trinajstić information content (AvgIpc) is 3.19. The van der Waals surface area contributed by atoms with E-state index >= 15 is 0 Å². The number of rotatable bonds is 5. The minimum Gasteiger partial charge on any atom is -0.464 e. The van der Waals surface area contributed by atoms with Crippen LogP contribution < -0.4 is 10.6 Å². The van der Waals surface area contributed by atoms with Gasteiger partial charge in [0.15, 0.2) is 0 Å². The van der Waals surface area contributed by atoms with E-state index in [1.165, 1.54) is 18.4 Å². The van der Waals surface area contributed by atoms with Crippen molar-refractivity contribution < 1.29 is 13.6 Å². The summed E-state index contributed by atoms with van der Waals surface area (Å²) in [6.07, 6.45) is 1.54. The number of pyridine rings is 1. The summed E-state index contributed by atoms with van der Waals surface area (Å²) in [5, 5.41) is 6.80. The topological polar surface area (TPSA) is 67.2 Å². The van der Waals surface area contributed by atoms with Crippen LogP contribution >= 0.6 is 0 Å². The Labute approximate surface area is 161 Å². The lowest BCUT2D eigenvalue weighted by atomic mass is 10.1. The van der Waals surface area contributed by atoms with Gasteiger partial charge in [0.05, 0.1) is 17.7 Å². The third-order valence-electron chi connectivity index (χ3n) is 4.44. The molecule has 0 spiro atoms. The van der Waals surface area contributed by atoms with Crippen LogP contribution in [-0.2, 0) is 0 Å². The quantitative estimate of drug-likeness (QED) is 0.503. The summed E-state index contributed by atoms with van der Waals surface area (Å²) in [6, 6.07) is 18.8. The number of furan rings is 1. The summed E-state index contributed by atoms with van der Waals surface area (Å²) >= 11 is 0. The first kappa shape index (κ1) is 17.7. The van der Waals surface area contributed by atoms with Crippen LogP contribution in [0.2, 0.25) is 0 Å². The second kappa shape index (κ2) is 7.52. The SMILES string of the molecule is C[C@@H](NC(=O)c1cc2occc2c(Nc2ccc(F)cc2)n1)c1ccccc1. The third-order valence-corrected chi connectivity index (χ3v) is 4.44. The van der Waals surface area contributed by atoms with E-state index in [0.29, 0.717) is 17.1 Å². The molecule has 0 bridgehead atoms. The average molecular weight is 375 g/mol. The predicted molar refractivity (Wildman–Crippen MR) is 106 cm³/mol. The van der Waals surface area contributed by atoms with Gasteiger partial charge in [-0.25, -0.2) is 9.37 Å². The molecule has 2 heterocycles. The van der Waals surface area contributed by atoms with Crippen LogP contribution in [0.25, 0.3) is 11.0 Å². The lowest BCUT2D eigenvalue weighted by Gasteiger charge is -2.15. The highest BCUT2D eigenvalue weighted by molar-refractivity contribution is 5.99. The number of anilines is 2. The monoisotopic (exact) mass is 375 g/mol. The molecule has 0 saturated carbocycles. The molecular weight excluding hydrogens is 357 g/mol. The Morgan fingerprint density at radius 1 is 1.07 bits per heavy atom. The molecule has 0 fully saturated rings. The van der Waals surface area contributed by atoms with Gasteiger partial charge in [-0.15, -0.1) is 0 Å². The Kier molecular flexibility index (Phi) is 4.76. The molecule has 0 aliphatic heterocycles. The number of hydrogen-bond donors (Lipinski definition) is 2. The first-order valence-electron chi connectivity index (χ1n) is 8.87. The second-order valence-corrected chi connectivity index (χ2v) is 6.43. The standard InChI is InChI=1S/C22H18FN3O2/c1-14(15-5-3-2-4-6-15)24-22(27)19-13-20-18(11-12-28-20)21(26-19)25-17-9-7-16(23)8-10-17/h2-14H,1H3,(H,24,27)(H,25,26)/t14-/m1/s1. The molecule has 1 atom stereocenters. The van der Waals surface area contributed by atoms with Gasteiger partial charge in [-0.3, -0.25) is 4.79 Å². The number of carbonyl (C=O) groups is 1. The molecule has 2 aromatic carbocycles. The molecule has 5 nitrogen and oxygen atoms in total. The fourth-order valence-corrected chi connectivity index (χ4v) is 2.94. The fraction of sp³-hybridized carbons (Fsp3) is 0.0909. The number of aromatic nitrogens is 1. The molecule has 6 heteroatoms. The van der Waals surface area contributed by atoms with E-state index in [9.17, 15) is 9.18 Å². The number of halogens is 1.